The fourth-order valence-electron chi connectivity index (χ4n) is 2.47. The number of hydrazone groups is 1. The van der Waals surface area contributed by atoms with Crippen LogP contribution in [0.25, 0.3) is 11.0 Å². The van der Waals surface area contributed by atoms with E-state index in [1.807, 2.05) is 74.5 Å². The van der Waals surface area contributed by atoms with Gasteiger partial charge in [-0.3, -0.25) is 5.43 Å². The number of nitrogens with one attached hydrogen (secondary N) is 1. The molecule has 0 saturated carbocycles. The summed E-state index contributed by atoms with van der Waals surface area (Å²) in [6.45, 7) is 3.79. The average Bonchev–Trinajstić information content (AvgIpc) is 3.28. The molecule has 0 aliphatic heterocycles. The number of rotatable bonds is 5. The van der Waals surface area contributed by atoms with Crippen LogP contribution in [0, 0.1) is 6.92 Å². The van der Waals surface area contributed by atoms with Crippen molar-refractivity contribution in [2.75, 3.05) is 5.43 Å². The van der Waals surface area contributed by atoms with Crippen LogP contribution in [0.2, 0.25) is 0 Å². The Morgan fingerprint density at radius 3 is 2.63 bits per heavy atom. The van der Waals surface area contributed by atoms with E-state index in [9.17, 15) is 0 Å². The Morgan fingerprint density at radius 1 is 1.04 bits per heavy atom. The molecule has 27 heavy (non-hydrogen) atoms. The zero-order valence-electron chi connectivity index (χ0n) is 14.9. The molecule has 0 spiro atoms. The summed E-state index contributed by atoms with van der Waals surface area (Å²) >= 11 is 1.40. The van der Waals surface area contributed by atoms with E-state index in [2.05, 4.69) is 25.7 Å². The molecule has 0 saturated heterocycles. The maximum absolute atomic E-state index is 5.81. The average molecular weight is 375 g/mol. The second-order valence-electron chi connectivity index (χ2n) is 5.90. The standard InChI is InChI=1S/C20H17N5OS/c1-13(18-12-15-8-6-7-11-17(15)26-18)22-25-20-21-14(2)19(27-20)24-23-16-9-4-3-5-10-16/h3-12H,1-2H3,(H,21,25)/b22-13+,24-23?. The number of furan rings is 1. The van der Waals surface area contributed by atoms with Gasteiger partial charge >= 0.3 is 0 Å². The Balaban J connectivity index is 1.49. The van der Waals surface area contributed by atoms with Gasteiger partial charge in [0.2, 0.25) is 5.13 Å². The number of benzene rings is 2. The zero-order valence-corrected chi connectivity index (χ0v) is 15.7. The molecule has 0 amide bonds. The van der Waals surface area contributed by atoms with Crippen molar-refractivity contribution in [3.05, 3.63) is 72.1 Å². The third-order valence-electron chi connectivity index (χ3n) is 3.89. The van der Waals surface area contributed by atoms with E-state index in [4.69, 9.17) is 4.42 Å². The highest BCUT2D eigenvalue weighted by molar-refractivity contribution is 7.19. The van der Waals surface area contributed by atoms with Crippen LogP contribution in [0.4, 0.5) is 15.8 Å². The molecule has 4 aromatic rings. The molecule has 6 nitrogen and oxygen atoms in total. The molecule has 4 rings (SSSR count). The zero-order chi connectivity index (χ0) is 18.6. The minimum absolute atomic E-state index is 0.657. The number of anilines is 1. The smallest absolute Gasteiger partial charge is 0.205 e. The molecule has 7 heteroatoms. The van der Waals surface area contributed by atoms with Crippen LogP contribution in [0.1, 0.15) is 18.4 Å². The molecular weight excluding hydrogens is 358 g/mol. The van der Waals surface area contributed by atoms with Gasteiger partial charge in [-0.05, 0) is 38.1 Å². The van der Waals surface area contributed by atoms with Crippen molar-refractivity contribution in [1.82, 2.24) is 4.98 Å². The summed E-state index contributed by atoms with van der Waals surface area (Å²) < 4.78 is 5.81. The van der Waals surface area contributed by atoms with E-state index < -0.39 is 0 Å². The molecule has 0 unspecified atom stereocenters. The molecule has 0 fully saturated rings. The summed E-state index contributed by atoms with van der Waals surface area (Å²) in [4.78, 5) is 4.45. The molecule has 0 aliphatic rings. The Morgan fingerprint density at radius 2 is 1.81 bits per heavy atom. The summed E-state index contributed by atoms with van der Waals surface area (Å²) in [6.07, 6.45) is 0. The Hall–Kier alpha value is -3.32. The highest BCUT2D eigenvalue weighted by Crippen LogP contribution is 2.32. The van der Waals surface area contributed by atoms with Crippen LogP contribution in [-0.2, 0) is 0 Å². The van der Waals surface area contributed by atoms with Crippen LogP contribution in [0.5, 0.6) is 0 Å². The predicted octanol–water partition coefficient (Wildman–Crippen LogP) is 6.45. The first-order valence-electron chi connectivity index (χ1n) is 8.42. The summed E-state index contributed by atoms with van der Waals surface area (Å²) in [6, 6.07) is 19.5. The number of aromatic nitrogens is 1. The number of azo groups is 1. The highest BCUT2D eigenvalue weighted by Gasteiger charge is 2.09. The van der Waals surface area contributed by atoms with E-state index in [1.54, 1.807) is 0 Å². The summed E-state index contributed by atoms with van der Waals surface area (Å²) in [5, 5.41) is 15.4. The maximum Gasteiger partial charge on any atom is 0.205 e. The van der Waals surface area contributed by atoms with Gasteiger partial charge < -0.3 is 4.42 Å². The molecule has 0 radical (unpaired) electrons. The van der Waals surface area contributed by atoms with Crippen LogP contribution in [-0.4, -0.2) is 10.7 Å². The van der Waals surface area contributed by atoms with Gasteiger partial charge in [-0.15, -0.1) is 10.2 Å². The fourth-order valence-corrected chi connectivity index (χ4v) is 3.21. The van der Waals surface area contributed by atoms with Crippen molar-refractivity contribution in [1.29, 1.82) is 0 Å². The van der Waals surface area contributed by atoms with Crippen LogP contribution < -0.4 is 5.43 Å². The van der Waals surface area contributed by atoms with Gasteiger partial charge in [-0.25, -0.2) is 4.98 Å². The lowest BCUT2D eigenvalue weighted by molar-refractivity contribution is 0.604. The SMILES string of the molecule is C/C(=N\Nc1nc(C)c(N=Nc2ccccc2)s1)c1cc2ccccc2o1. The van der Waals surface area contributed by atoms with Gasteiger partial charge in [0.05, 0.1) is 11.4 Å². The van der Waals surface area contributed by atoms with Gasteiger partial charge in [0.1, 0.15) is 11.3 Å². The van der Waals surface area contributed by atoms with E-state index in [-0.39, 0.29) is 0 Å². The maximum atomic E-state index is 5.81. The highest BCUT2D eigenvalue weighted by atomic mass is 32.1. The van der Waals surface area contributed by atoms with Crippen molar-refractivity contribution in [3.8, 4) is 0 Å². The number of fused-ring (bicyclic) bond motifs is 1. The number of para-hydroxylation sites is 1. The molecule has 0 bridgehead atoms. The number of nitrogens with zero attached hydrogens (tertiary/aromatic N) is 4. The van der Waals surface area contributed by atoms with Gasteiger partial charge in [0.15, 0.2) is 10.8 Å². The lowest BCUT2D eigenvalue weighted by atomic mass is 10.2. The lowest BCUT2D eigenvalue weighted by Gasteiger charge is -1.96. The normalized spacial score (nSPS) is 12.1. The van der Waals surface area contributed by atoms with Crippen molar-refractivity contribution in [2.45, 2.75) is 13.8 Å². The molecule has 2 aromatic heterocycles. The number of thiazole rings is 1. The molecule has 2 aromatic carbocycles. The third kappa shape index (κ3) is 3.93. The monoisotopic (exact) mass is 375 g/mol. The summed E-state index contributed by atoms with van der Waals surface area (Å²) in [5.41, 5.74) is 6.17. The van der Waals surface area contributed by atoms with Crippen LogP contribution in [0.3, 0.4) is 0 Å². The van der Waals surface area contributed by atoms with Gasteiger partial charge in [-0.2, -0.15) is 5.10 Å². The molecule has 134 valence electrons. The predicted molar refractivity (Wildman–Crippen MR) is 110 cm³/mol. The molecule has 1 N–H and O–H groups in total. The first kappa shape index (κ1) is 17.1. The number of hydrogen-bond donors (Lipinski definition) is 1. The minimum atomic E-state index is 0.657. The van der Waals surface area contributed by atoms with E-state index in [1.165, 1.54) is 11.3 Å². The number of hydrogen-bond acceptors (Lipinski definition) is 7. The van der Waals surface area contributed by atoms with E-state index in [0.29, 0.717) is 5.13 Å². The molecule has 0 atom stereocenters. The van der Waals surface area contributed by atoms with Crippen molar-refractivity contribution < 1.29 is 4.42 Å². The van der Waals surface area contributed by atoms with Crippen LogP contribution >= 0.6 is 11.3 Å². The second-order valence-corrected chi connectivity index (χ2v) is 6.88. The Labute approximate surface area is 160 Å². The first-order valence-corrected chi connectivity index (χ1v) is 9.24. The molecular formula is C20H17N5OS. The Kier molecular flexibility index (Phi) is 4.76. The third-order valence-corrected chi connectivity index (χ3v) is 4.83. The molecule has 0 aliphatic carbocycles. The summed E-state index contributed by atoms with van der Waals surface area (Å²) in [7, 11) is 0. The van der Waals surface area contributed by atoms with E-state index >= 15 is 0 Å². The van der Waals surface area contributed by atoms with Crippen molar-refractivity contribution >= 4 is 43.8 Å². The summed E-state index contributed by atoms with van der Waals surface area (Å²) in [5.74, 6) is 0.723. The minimum Gasteiger partial charge on any atom is -0.455 e. The fraction of sp³-hybridized carbons (Fsp3) is 0.100. The Bertz CT molecular complexity index is 1090. The van der Waals surface area contributed by atoms with Gasteiger partial charge in [-0.1, -0.05) is 47.7 Å². The second kappa shape index (κ2) is 7.51. The number of aryl methyl sites for hydroxylation is 1. The lowest BCUT2D eigenvalue weighted by Crippen LogP contribution is -1.97. The first-order chi connectivity index (χ1) is 13.2. The molecule has 2 heterocycles. The van der Waals surface area contributed by atoms with Crippen molar-refractivity contribution in [3.63, 3.8) is 0 Å². The topological polar surface area (TPSA) is 75.1 Å². The van der Waals surface area contributed by atoms with Crippen molar-refractivity contribution in [2.24, 2.45) is 15.3 Å². The van der Waals surface area contributed by atoms with E-state index in [0.717, 1.165) is 38.8 Å². The largest absolute Gasteiger partial charge is 0.455 e. The van der Waals surface area contributed by atoms with Crippen LogP contribution in [0.15, 0.2) is 80.4 Å². The quantitative estimate of drug-likeness (QED) is 0.247. The van der Waals surface area contributed by atoms with Gasteiger partial charge in [0, 0.05) is 5.39 Å². The van der Waals surface area contributed by atoms with Gasteiger partial charge in [0.25, 0.3) is 0 Å².